The van der Waals surface area contributed by atoms with Crippen molar-refractivity contribution in [2.24, 2.45) is 5.73 Å². The number of nitrogens with one attached hydrogen (secondary N) is 1. The van der Waals surface area contributed by atoms with E-state index in [1.165, 1.54) is 5.56 Å². The first-order valence-electron chi connectivity index (χ1n) is 3.67. The third-order valence-electron chi connectivity index (χ3n) is 1.58. The number of rotatable bonds is 2. The SMILES string of the molecule is Cc1ccc(Br)c(CC(=N)N)c1. The van der Waals surface area contributed by atoms with E-state index in [9.17, 15) is 0 Å². The fraction of sp³-hybridized carbons (Fsp3) is 0.222. The Morgan fingerprint density at radius 1 is 1.58 bits per heavy atom. The van der Waals surface area contributed by atoms with Crippen LogP contribution in [-0.4, -0.2) is 5.84 Å². The summed E-state index contributed by atoms with van der Waals surface area (Å²) < 4.78 is 1.02. The standard InChI is InChI=1S/C9H11BrN2/c1-6-2-3-8(10)7(4-6)5-9(11)12/h2-4H,5H2,1H3,(H3,11,12). The molecule has 0 saturated heterocycles. The summed E-state index contributed by atoms with van der Waals surface area (Å²) in [5, 5.41) is 7.16. The average molecular weight is 227 g/mol. The smallest absolute Gasteiger partial charge is 0.0950 e. The van der Waals surface area contributed by atoms with Gasteiger partial charge in [-0.05, 0) is 18.6 Å². The molecule has 12 heavy (non-hydrogen) atoms. The fourth-order valence-corrected chi connectivity index (χ4v) is 1.43. The fourth-order valence-electron chi connectivity index (χ4n) is 1.04. The van der Waals surface area contributed by atoms with E-state index < -0.39 is 0 Å². The molecule has 0 fully saturated rings. The molecule has 1 aromatic rings. The van der Waals surface area contributed by atoms with Crippen molar-refractivity contribution in [3.63, 3.8) is 0 Å². The second-order valence-corrected chi connectivity index (χ2v) is 3.65. The van der Waals surface area contributed by atoms with Crippen LogP contribution in [0, 0.1) is 12.3 Å². The van der Waals surface area contributed by atoms with Crippen LogP contribution in [0.5, 0.6) is 0 Å². The lowest BCUT2D eigenvalue weighted by atomic mass is 10.1. The molecular formula is C9H11BrN2. The zero-order valence-electron chi connectivity index (χ0n) is 6.89. The maximum absolute atomic E-state index is 7.16. The Kier molecular flexibility index (Phi) is 2.87. The number of hydrogen-bond acceptors (Lipinski definition) is 1. The molecule has 1 aromatic carbocycles. The van der Waals surface area contributed by atoms with Crippen molar-refractivity contribution in [3.05, 3.63) is 33.8 Å². The van der Waals surface area contributed by atoms with E-state index in [-0.39, 0.29) is 5.84 Å². The minimum Gasteiger partial charge on any atom is -0.387 e. The van der Waals surface area contributed by atoms with Gasteiger partial charge in [0.25, 0.3) is 0 Å². The van der Waals surface area contributed by atoms with E-state index in [1.54, 1.807) is 0 Å². The van der Waals surface area contributed by atoms with E-state index in [2.05, 4.69) is 15.9 Å². The van der Waals surface area contributed by atoms with Gasteiger partial charge in [-0.3, -0.25) is 5.41 Å². The van der Waals surface area contributed by atoms with Crippen LogP contribution in [0.1, 0.15) is 11.1 Å². The van der Waals surface area contributed by atoms with Crippen LogP contribution < -0.4 is 5.73 Å². The van der Waals surface area contributed by atoms with Crippen molar-refractivity contribution in [2.45, 2.75) is 13.3 Å². The highest BCUT2D eigenvalue weighted by molar-refractivity contribution is 9.10. The Bertz CT molecular complexity index is 307. The lowest BCUT2D eigenvalue weighted by Gasteiger charge is -2.03. The van der Waals surface area contributed by atoms with Crippen LogP contribution >= 0.6 is 15.9 Å². The molecule has 0 atom stereocenters. The van der Waals surface area contributed by atoms with Crippen molar-refractivity contribution in [1.29, 1.82) is 5.41 Å². The molecule has 2 nitrogen and oxygen atoms in total. The van der Waals surface area contributed by atoms with Gasteiger partial charge < -0.3 is 5.73 Å². The van der Waals surface area contributed by atoms with Gasteiger partial charge in [0.1, 0.15) is 0 Å². The Morgan fingerprint density at radius 3 is 2.83 bits per heavy atom. The van der Waals surface area contributed by atoms with Gasteiger partial charge in [0.05, 0.1) is 5.84 Å². The summed E-state index contributed by atoms with van der Waals surface area (Å²) in [6.07, 6.45) is 0.516. The Balaban J connectivity index is 2.97. The molecule has 0 saturated carbocycles. The highest BCUT2D eigenvalue weighted by atomic mass is 79.9. The number of aryl methyl sites for hydroxylation is 1. The van der Waals surface area contributed by atoms with Crippen molar-refractivity contribution >= 4 is 21.8 Å². The van der Waals surface area contributed by atoms with E-state index in [0.29, 0.717) is 6.42 Å². The van der Waals surface area contributed by atoms with E-state index >= 15 is 0 Å². The predicted molar refractivity (Wildman–Crippen MR) is 54.5 cm³/mol. The molecule has 3 heteroatoms. The second kappa shape index (κ2) is 3.72. The normalized spacial score (nSPS) is 9.83. The summed E-state index contributed by atoms with van der Waals surface area (Å²) in [6.45, 7) is 2.02. The number of benzene rings is 1. The molecule has 0 aliphatic heterocycles. The highest BCUT2D eigenvalue weighted by Gasteiger charge is 2.00. The molecule has 1 rings (SSSR count). The van der Waals surface area contributed by atoms with Gasteiger partial charge in [-0.1, -0.05) is 33.6 Å². The van der Waals surface area contributed by atoms with Gasteiger partial charge >= 0.3 is 0 Å². The van der Waals surface area contributed by atoms with Crippen molar-refractivity contribution in [2.75, 3.05) is 0 Å². The summed E-state index contributed by atoms with van der Waals surface area (Å²) in [6, 6.07) is 6.03. The Morgan fingerprint density at radius 2 is 2.25 bits per heavy atom. The molecule has 64 valence electrons. The number of amidine groups is 1. The van der Waals surface area contributed by atoms with Crippen LogP contribution in [0.3, 0.4) is 0 Å². The third kappa shape index (κ3) is 2.34. The molecule has 0 aromatic heterocycles. The Labute approximate surface area is 80.4 Å². The van der Waals surface area contributed by atoms with Crippen molar-refractivity contribution < 1.29 is 0 Å². The molecule has 0 heterocycles. The minimum atomic E-state index is 0.196. The average Bonchev–Trinajstić information content (AvgIpc) is 1.96. The lowest BCUT2D eigenvalue weighted by Crippen LogP contribution is -2.13. The van der Waals surface area contributed by atoms with Crippen LogP contribution in [0.4, 0.5) is 0 Å². The van der Waals surface area contributed by atoms with Gasteiger partial charge in [0.15, 0.2) is 0 Å². The van der Waals surface area contributed by atoms with Crippen LogP contribution in [0.25, 0.3) is 0 Å². The maximum atomic E-state index is 7.16. The molecule has 0 radical (unpaired) electrons. The first-order valence-corrected chi connectivity index (χ1v) is 4.47. The third-order valence-corrected chi connectivity index (χ3v) is 2.36. The number of nitrogens with two attached hydrogens (primary N) is 1. The van der Waals surface area contributed by atoms with E-state index in [4.69, 9.17) is 11.1 Å². The van der Waals surface area contributed by atoms with Gasteiger partial charge in [-0.2, -0.15) is 0 Å². The number of hydrogen-bond donors (Lipinski definition) is 2. The summed E-state index contributed by atoms with van der Waals surface area (Å²) in [7, 11) is 0. The molecule has 0 bridgehead atoms. The predicted octanol–water partition coefficient (Wildman–Crippen LogP) is 2.24. The number of halogens is 1. The van der Waals surface area contributed by atoms with Crippen LogP contribution in [-0.2, 0) is 6.42 Å². The first-order chi connectivity index (χ1) is 5.59. The van der Waals surface area contributed by atoms with Crippen molar-refractivity contribution in [3.8, 4) is 0 Å². The van der Waals surface area contributed by atoms with Crippen LogP contribution in [0.2, 0.25) is 0 Å². The molecule has 0 spiro atoms. The molecule has 0 unspecified atom stereocenters. The van der Waals surface area contributed by atoms with Gasteiger partial charge in [-0.25, -0.2) is 0 Å². The first kappa shape index (κ1) is 9.26. The summed E-state index contributed by atoms with van der Waals surface area (Å²) in [5.41, 5.74) is 7.57. The highest BCUT2D eigenvalue weighted by Crippen LogP contribution is 2.18. The van der Waals surface area contributed by atoms with Gasteiger partial charge in [-0.15, -0.1) is 0 Å². The zero-order valence-corrected chi connectivity index (χ0v) is 8.48. The van der Waals surface area contributed by atoms with Gasteiger partial charge in [0.2, 0.25) is 0 Å². The van der Waals surface area contributed by atoms with Crippen LogP contribution in [0.15, 0.2) is 22.7 Å². The largest absolute Gasteiger partial charge is 0.387 e. The molecule has 3 N–H and O–H groups in total. The molecule has 0 aliphatic carbocycles. The minimum absolute atomic E-state index is 0.196. The second-order valence-electron chi connectivity index (χ2n) is 2.80. The summed E-state index contributed by atoms with van der Waals surface area (Å²) >= 11 is 3.41. The topological polar surface area (TPSA) is 49.9 Å². The molecule has 0 aliphatic rings. The van der Waals surface area contributed by atoms with Gasteiger partial charge in [0, 0.05) is 10.9 Å². The molecule has 0 amide bonds. The zero-order chi connectivity index (χ0) is 9.14. The summed E-state index contributed by atoms with van der Waals surface area (Å²) in [5.74, 6) is 0.196. The molecular weight excluding hydrogens is 216 g/mol. The maximum Gasteiger partial charge on any atom is 0.0950 e. The van der Waals surface area contributed by atoms with E-state index in [0.717, 1.165) is 10.0 Å². The Hall–Kier alpha value is -0.830. The lowest BCUT2D eigenvalue weighted by molar-refractivity contribution is 1.22. The quantitative estimate of drug-likeness (QED) is 0.590. The summed E-state index contributed by atoms with van der Waals surface area (Å²) in [4.78, 5) is 0. The van der Waals surface area contributed by atoms with Crippen molar-refractivity contribution in [1.82, 2.24) is 0 Å². The monoisotopic (exact) mass is 226 g/mol. The van der Waals surface area contributed by atoms with E-state index in [1.807, 2.05) is 25.1 Å².